The Bertz CT molecular complexity index is 526. The highest BCUT2D eigenvalue weighted by molar-refractivity contribution is 5.94. The number of carbonyl (C=O) groups excluding carboxylic acids is 1. The third kappa shape index (κ3) is 5.84. The van der Waals surface area contributed by atoms with Crippen LogP contribution in [0.2, 0.25) is 0 Å². The predicted octanol–water partition coefficient (Wildman–Crippen LogP) is 2.83. The van der Waals surface area contributed by atoms with Gasteiger partial charge in [-0.2, -0.15) is 13.2 Å². The number of amides is 1. The third-order valence-corrected chi connectivity index (χ3v) is 4.02. The van der Waals surface area contributed by atoms with Crippen LogP contribution in [0.3, 0.4) is 0 Å². The zero-order chi connectivity index (χ0) is 16.9. The first-order valence-electron chi connectivity index (χ1n) is 7.70. The average Bonchev–Trinajstić information content (AvgIpc) is 2.49. The summed E-state index contributed by atoms with van der Waals surface area (Å²) in [5.41, 5.74) is 0.938. The number of anilines is 1. The van der Waals surface area contributed by atoms with Gasteiger partial charge >= 0.3 is 12.1 Å². The first kappa shape index (κ1) is 17.7. The van der Waals surface area contributed by atoms with E-state index in [1.54, 1.807) is 12.1 Å². The van der Waals surface area contributed by atoms with Gasteiger partial charge in [0.05, 0.1) is 6.10 Å². The number of halogens is 3. The van der Waals surface area contributed by atoms with Crippen LogP contribution in [-0.4, -0.2) is 29.8 Å². The number of alkyl halides is 3. The topological polar surface area (TPSA) is 61.4 Å². The largest absolute Gasteiger partial charge is 0.471 e. The van der Waals surface area contributed by atoms with Crippen molar-refractivity contribution >= 4 is 11.6 Å². The van der Waals surface area contributed by atoms with E-state index in [0.717, 1.165) is 37.8 Å². The Morgan fingerprint density at radius 2 is 1.91 bits per heavy atom. The minimum Gasteiger partial charge on any atom is -0.393 e. The highest BCUT2D eigenvalue weighted by Crippen LogP contribution is 2.23. The van der Waals surface area contributed by atoms with Gasteiger partial charge < -0.3 is 15.7 Å². The SMILES string of the molecule is O=C(Nc1cccc(CNCC2CCC(O)CC2)c1)C(F)(F)F. The number of hydrogen-bond donors (Lipinski definition) is 3. The molecule has 3 N–H and O–H groups in total. The fourth-order valence-electron chi connectivity index (χ4n) is 2.73. The number of nitrogens with one attached hydrogen (secondary N) is 2. The molecule has 0 saturated heterocycles. The standard InChI is InChI=1S/C16H21F3N2O2/c17-16(18,19)15(23)21-13-3-1-2-12(8-13)10-20-9-11-4-6-14(22)7-5-11/h1-3,8,11,14,20,22H,4-7,9-10H2,(H,21,23). The lowest BCUT2D eigenvalue weighted by Gasteiger charge is -2.25. The maximum atomic E-state index is 12.2. The molecule has 0 heterocycles. The molecule has 0 spiro atoms. The zero-order valence-corrected chi connectivity index (χ0v) is 12.7. The molecular weight excluding hydrogens is 309 g/mol. The van der Waals surface area contributed by atoms with Crippen molar-refractivity contribution in [3.05, 3.63) is 29.8 Å². The van der Waals surface area contributed by atoms with Gasteiger partial charge in [-0.1, -0.05) is 12.1 Å². The zero-order valence-electron chi connectivity index (χ0n) is 12.7. The Morgan fingerprint density at radius 3 is 2.57 bits per heavy atom. The Balaban J connectivity index is 1.80. The molecule has 1 aliphatic carbocycles. The van der Waals surface area contributed by atoms with E-state index >= 15 is 0 Å². The lowest BCUT2D eigenvalue weighted by Crippen LogP contribution is -2.30. The van der Waals surface area contributed by atoms with E-state index in [2.05, 4.69) is 5.32 Å². The maximum Gasteiger partial charge on any atom is 0.471 e. The van der Waals surface area contributed by atoms with Crippen molar-refractivity contribution in [2.45, 2.75) is 44.5 Å². The first-order valence-corrected chi connectivity index (χ1v) is 7.70. The van der Waals surface area contributed by atoms with Crippen molar-refractivity contribution in [3.63, 3.8) is 0 Å². The second-order valence-corrected chi connectivity index (χ2v) is 5.96. The minimum atomic E-state index is -4.89. The van der Waals surface area contributed by atoms with Gasteiger partial charge in [0.15, 0.2) is 0 Å². The molecule has 1 aromatic carbocycles. The van der Waals surface area contributed by atoms with E-state index < -0.39 is 12.1 Å². The van der Waals surface area contributed by atoms with Gasteiger partial charge in [-0.25, -0.2) is 0 Å². The average molecular weight is 330 g/mol. The predicted molar refractivity (Wildman–Crippen MR) is 80.8 cm³/mol. The number of rotatable bonds is 5. The Morgan fingerprint density at radius 1 is 1.22 bits per heavy atom. The van der Waals surface area contributed by atoms with Crippen LogP contribution in [0.1, 0.15) is 31.2 Å². The Labute approximate surface area is 133 Å². The smallest absolute Gasteiger partial charge is 0.393 e. The van der Waals surface area contributed by atoms with E-state index in [9.17, 15) is 23.1 Å². The second-order valence-electron chi connectivity index (χ2n) is 5.96. The molecule has 23 heavy (non-hydrogen) atoms. The molecule has 2 rings (SSSR count). The van der Waals surface area contributed by atoms with Crippen LogP contribution < -0.4 is 10.6 Å². The minimum absolute atomic E-state index is 0.132. The normalized spacial score (nSPS) is 21.9. The lowest BCUT2D eigenvalue weighted by molar-refractivity contribution is -0.167. The number of aliphatic hydroxyl groups excluding tert-OH is 1. The van der Waals surface area contributed by atoms with E-state index in [4.69, 9.17) is 0 Å². The quantitative estimate of drug-likeness (QED) is 0.778. The van der Waals surface area contributed by atoms with Crippen LogP contribution >= 0.6 is 0 Å². The van der Waals surface area contributed by atoms with Crippen molar-refractivity contribution in [3.8, 4) is 0 Å². The van der Waals surface area contributed by atoms with E-state index in [1.165, 1.54) is 12.1 Å². The highest BCUT2D eigenvalue weighted by atomic mass is 19.4. The summed E-state index contributed by atoms with van der Waals surface area (Å²) in [7, 11) is 0. The van der Waals surface area contributed by atoms with E-state index in [1.807, 2.05) is 5.32 Å². The van der Waals surface area contributed by atoms with Crippen molar-refractivity contribution in [1.29, 1.82) is 0 Å². The Kier molecular flexibility index (Phi) is 6.01. The van der Waals surface area contributed by atoms with Crippen LogP contribution in [0.5, 0.6) is 0 Å². The van der Waals surface area contributed by atoms with Crippen LogP contribution in [-0.2, 0) is 11.3 Å². The lowest BCUT2D eigenvalue weighted by atomic mass is 9.87. The van der Waals surface area contributed by atoms with Crippen LogP contribution in [0, 0.1) is 5.92 Å². The highest BCUT2D eigenvalue weighted by Gasteiger charge is 2.38. The fourth-order valence-corrected chi connectivity index (χ4v) is 2.73. The van der Waals surface area contributed by atoms with Crippen molar-refractivity contribution < 1.29 is 23.1 Å². The molecule has 4 nitrogen and oxygen atoms in total. The van der Waals surface area contributed by atoms with Gasteiger partial charge in [0, 0.05) is 12.2 Å². The molecule has 128 valence electrons. The van der Waals surface area contributed by atoms with Crippen molar-refractivity contribution in [2.24, 2.45) is 5.92 Å². The second kappa shape index (κ2) is 7.79. The number of aliphatic hydroxyl groups is 1. The summed E-state index contributed by atoms with van der Waals surface area (Å²) in [4.78, 5) is 10.9. The molecule has 1 aromatic rings. The number of hydrogen-bond acceptors (Lipinski definition) is 3. The molecule has 1 saturated carbocycles. The van der Waals surface area contributed by atoms with Crippen LogP contribution in [0.15, 0.2) is 24.3 Å². The molecular formula is C16H21F3N2O2. The molecule has 1 amide bonds. The van der Waals surface area contributed by atoms with Gasteiger partial charge in [-0.3, -0.25) is 4.79 Å². The fraction of sp³-hybridized carbons (Fsp3) is 0.562. The van der Waals surface area contributed by atoms with E-state index in [-0.39, 0.29) is 11.8 Å². The summed E-state index contributed by atoms with van der Waals surface area (Å²) in [6, 6.07) is 6.36. The Hall–Kier alpha value is -1.60. The molecule has 0 unspecified atom stereocenters. The van der Waals surface area contributed by atoms with Crippen LogP contribution in [0.4, 0.5) is 18.9 Å². The van der Waals surface area contributed by atoms with Crippen molar-refractivity contribution in [2.75, 3.05) is 11.9 Å². The summed E-state index contributed by atoms with van der Waals surface area (Å²) in [5, 5.41) is 14.6. The molecule has 0 radical (unpaired) electrons. The van der Waals surface area contributed by atoms with Gasteiger partial charge in [-0.15, -0.1) is 0 Å². The molecule has 1 aliphatic rings. The molecule has 0 aromatic heterocycles. The van der Waals surface area contributed by atoms with Gasteiger partial charge in [0.2, 0.25) is 0 Å². The number of benzene rings is 1. The molecule has 7 heteroatoms. The van der Waals surface area contributed by atoms with Crippen molar-refractivity contribution in [1.82, 2.24) is 5.32 Å². The summed E-state index contributed by atoms with van der Waals surface area (Å²) in [5.74, 6) is -1.45. The summed E-state index contributed by atoms with van der Waals surface area (Å²) in [6.07, 6.45) is -1.46. The van der Waals surface area contributed by atoms with Gasteiger partial charge in [0.1, 0.15) is 0 Å². The maximum absolute atomic E-state index is 12.2. The molecule has 0 atom stereocenters. The van der Waals surface area contributed by atoms with E-state index in [0.29, 0.717) is 12.5 Å². The summed E-state index contributed by atoms with van der Waals surface area (Å²) < 4.78 is 36.7. The van der Waals surface area contributed by atoms with Gasteiger partial charge in [0.25, 0.3) is 0 Å². The summed E-state index contributed by atoms with van der Waals surface area (Å²) in [6.45, 7) is 1.33. The molecule has 0 bridgehead atoms. The van der Waals surface area contributed by atoms with Gasteiger partial charge in [-0.05, 0) is 55.8 Å². The first-order chi connectivity index (χ1) is 10.8. The third-order valence-electron chi connectivity index (χ3n) is 4.02. The monoisotopic (exact) mass is 330 g/mol. The van der Waals surface area contributed by atoms with Crippen LogP contribution in [0.25, 0.3) is 0 Å². The molecule has 0 aliphatic heterocycles. The summed E-state index contributed by atoms with van der Waals surface area (Å²) >= 11 is 0. The number of carbonyl (C=O) groups is 1. The molecule has 1 fully saturated rings.